The van der Waals surface area contributed by atoms with E-state index < -0.39 is 0 Å². The lowest BCUT2D eigenvalue weighted by atomic mass is 10.1. The van der Waals surface area contributed by atoms with E-state index in [1.807, 2.05) is 44.2 Å². The number of methoxy groups -OCH3 is 1. The lowest BCUT2D eigenvalue weighted by molar-refractivity contribution is 0.231. The third-order valence-corrected chi connectivity index (χ3v) is 3.38. The summed E-state index contributed by atoms with van der Waals surface area (Å²) in [7, 11) is 1.57. The van der Waals surface area contributed by atoms with E-state index in [1.165, 1.54) is 0 Å². The third kappa shape index (κ3) is 3.91. The van der Waals surface area contributed by atoms with Gasteiger partial charge in [-0.2, -0.15) is 0 Å². The quantitative estimate of drug-likeness (QED) is 0.831. The summed E-state index contributed by atoms with van der Waals surface area (Å²) in [5, 5.41) is 5.45. The molecule has 0 bridgehead atoms. The molecular formula is C17H20N2O3. The summed E-state index contributed by atoms with van der Waals surface area (Å²) >= 11 is 0. The van der Waals surface area contributed by atoms with E-state index in [9.17, 15) is 4.79 Å². The van der Waals surface area contributed by atoms with Gasteiger partial charge in [-0.25, -0.2) is 4.79 Å². The zero-order chi connectivity index (χ0) is 15.9. The zero-order valence-electron chi connectivity index (χ0n) is 13.0. The monoisotopic (exact) mass is 300 g/mol. The Hall–Kier alpha value is -2.69. The summed E-state index contributed by atoms with van der Waals surface area (Å²) in [6.45, 7) is 4.02. The smallest absolute Gasteiger partial charge is 0.321 e. The first kappa shape index (κ1) is 15.7. The Kier molecular flexibility index (Phi) is 5.25. The molecule has 22 heavy (non-hydrogen) atoms. The lowest BCUT2D eigenvalue weighted by Crippen LogP contribution is -2.32. The van der Waals surface area contributed by atoms with Crippen LogP contribution in [0.1, 0.15) is 11.1 Å². The Labute approximate surface area is 130 Å². The highest BCUT2D eigenvalue weighted by Gasteiger charge is 2.06. The molecule has 0 unspecified atom stereocenters. The number of carbonyl (C=O) groups is 1. The molecule has 0 aliphatic rings. The Bertz CT molecular complexity index is 656. The minimum Gasteiger partial charge on any atom is -0.493 e. The molecule has 5 nitrogen and oxygen atoms in total. The summed E-state index contributed by atoms with van der Waals surface area (Å²) in [5.41, 5.74) is 2.96. The van der Waals surface area contributed by atoms with Crippen molar-refractivity contribution in [2.75, 3.05) is 19.2 Å². The molecule has 2 aromatic carbocycles. The van der Waals surface area contributed by atoms with Gasteiger partial charge in [-0.1, -0.05) is 24.3 Å². The standard InChI is InChI=1S/C17H20N2O3/c1-12-7-6-8-14(13(12)2)19-17(20)18-11-22-16-10-5-4-9-15(16)21-3/h4-10H,11H2,1-3H3,(H2,18,19,20). The largest absolute Gasteiger partial charge is 0.493 e. The Morgan fingerprint density at radius 3 is 2.50 bits per heavy atom. The Balaban J connectivity index is 1.87. The first-order valence-corrected chi connectivity index (χ1v) is 6.98. The molecule has 5 heteroatoms. The van der Waals surface area contributed by atoms with E-state index >= 15 is 0 Å². The van der Waals surface area contributed by atoms with Crippen LogP contribution in [0.3, 0.4) is 0 Å². The summed E-state index contributed by atoms with van der Waals surface area (Å²) in [4.78, 5) is 11.9. The van der Waals surface area contributed by atoms with Crippen molar-refractivity contribution in [3.05, 3.63) is 53.6 Å². The van der Waals surface area contributed by atoms with Crippen molar-refractivity contribution in [1.29, 1.82) is 0 Å². The van der Waals surface area contributed by atoms with Gasteiger partial charge in [0.05, 0.1) is 7.11 Å². The Morgan fingerprint density at radius 2 is 1.77 bits per heavy atom. The number of benzene rings is 2. The fourth-order valence-corrected chi connectivity index (χ4v) is 1.97. The minimum atomic E-state index is -0.316. The molecule has 0 atom stereocenters. The number of hydrogen-bond donors (Lipinski definition) is 2. The number of carbonyl (C=O) groups excluding carboxylic acids is 1. The molecule has 0 saturated carbocycles. The van der Waals surface area contributed by atoms with E-state index in [1.54, 1.807) is 19.2 Å². The number of anilines is 1. The molecular weight excluding hydrogens is 280 g/mol. The molecule has 2 amide bonds. The fraction of sp³-hybridized carbons (Fsp3) is 0.235. The molecule has 0 radical (unpaired) electrons. The number of hydrogen-bond acceptors (Lipinski definition) is 3. The van der Waals surface area contributed by atoms with Crippen molar-refractivity contribution < 1.29 is 14.3 Å². The van der Waals surface area contributed by atoms with Crippen LogP contribution >= 0.6 is 0 Å². The topological polar surface area (TPSA) is 59.6 Å². The summed E-state index contributed by atoms with van der Waals surface area (Å²) < 4.78 is 10.7. The van der Waals surface area contributed by atoms with Gasteiger partial charge >= 0.3 is 6.03 Å². The molecule has 2 rings (SSSR count). The summed E-state index contributed by atoms with van der Waals surface area (Å²) in [5.74, 6) is 1.20. The molecule has 2 aromatic rings. The van der Waals surface area contributed by atoms with E-state index in [0.29, 0.717) is 11.5 Å². The number of amides is 2. The maximum atomic E-state index is 11.9. The van der Waals surface area contributed by atoms with Crippen LogP contribution < -0.4 is 20.1 Å². The summed E-state index contributed by atoms with van der Waals surface area (Å²) in [6.07, 6.45) is 0. The predicted octanol–water partition coefficient (Wildman–Crippen LogP) is 3.47. The molecule has 116 valence electrons. The van der Waals surface area contributed by atoms with Crippen molar-refractivity contribution >= 4 is 11.7 Å². The highest BCUT2D eigenvalue weighted by molar-refractivity contribution is 5.90. The maximum absolute atomic E-state index is 11.9. The second kappa shape index (κ2) is 7.36. The van der Waals surface area contributed by atoms with Crippen LogP contribution in [0.4, 0.5) is 10.5 Å². The van der Waals surface area contributed by atoms with Crippen LogP contribution in [0.15, 0.2) is 42.5 Å². The summed E-state index contributed by atoms with van der Waals surface area (Å²) in [6, 6.07) is 12.7. The molecule has 2 N–H and O–H groups in total. The minimum absolute atomic E-state index is 0.0526. The molecule has 0 heterocycles. The second-order valence-corrected chi connectivity index (χ2v) is 4.82. The molecule has 0 fully saturated rings. The van der Waals surface area contributed by atoms with E-state index in [2.05, 4.69) is 10.6 Å². The van der Waals surface area contributed by atoms with Gasteiger partial charge < -0.3 is 20.1 Å². The van der Waals surface area contributed by atoms with Crippen molar-refractivity contribution in [1.82, 2.24) is 5.32 Å². The average molecular weight is 300 g/mol. The second-order valence-electron chi connectivity index (χ2n) is 4.82. The number of urea groups is 1. The van der Waals surface area contributed by atoms with Crippen LogP contribution in [-0.4, -0.2) is 19.9 Å². The van der Waals surface area contributed by atoms with Gasteiger partial charge in [0.2, 0.25) is 0 Å². The molecule has 0 aromatic heterocycles. The third-order valence-electron chi connectivity index (χ3n) is 3.38. The average Bonchev–Trinajstić information content (AvgIpc) is 2.52. The van der Waals surface area contributed by atoms with Gasteiger partial charge in [-0.3, -0.25) is 0 Å². The fourth-order valence-electron chi connectivity index (χ4n) is 1.97. The van der Waals surface area contributed by atoms with E-state index in [-0.39, 0.29) is 12.8 Å². The number of para-hydroxylation sites is 2. The lowest BCUT2D eigenvalue weighted by Gasteiger charge is -2.13. The van der Waals surface area contributed by atoms with Crippen LogP contribution in [0.2, 0.25) is 0 Å². The molecule has 0 saturated heterocycles. The first-order chi connectivity index (χ1) is 10.6. The van der Waals surface area contributed by atoms with E-state index in [4.69, 9.17) is 9.47 Å². The van der Waals surface area contributed by atoms with Gasteiger partial charge in [-0.15, -0.1) is 0 Å². The Morgan fingerprint density at radius 1 is 1.05 bits per heavy atom. The van der Waals surface area contributed by atoms with Crippen molar-refractivity contribution in [3.63, 3.8) is 0 Å². The van der Waals surface area contributed by atoms with Gasteiger partial charge in [0.15, 0.2) is 18.2 Å². The number of rotatable bonds is 5. The highest BCUT2D eigenvalue weighted by Crippen LogP contribution is 2.25. The van der Waals surface area contributed by atoms with Crippen molar-refractivity contribution in [2.45, 2.75) is 13.8 Å². The van der Waals surface area contributed by atoms with Crippen LogP contribution in [-0.2, 0) is 0 Å². The van der Waals surface area contributed by atoms with Crippen LogP contribution in [0.5, 0.6) is 11.5 Å². The van der Waals surface area contributed by atoms with Crippen molar-refractivity contribution in [3.8, 4) is 11.5 Å². The van der Waals surface area contributed by atoms with Crippen molar-refractivity contribution in [2.24, 2.45) is 0 Å². The highest BCUT2D eigenvalue weighted by atomic mass is 16.5. The van der Waals surface area contributed by atoms with Gasteiger partial charge in [-0.05, 0) is 43.2 Å². The van der Waals surface area contributed by atoms with E-state index in [0.717, 1.165) is 16.8 Å². The number of aryl methyl sites for hydroxylation is 1. The van der Waals surface area contributed by atoms with Gasteiger partial charge in [0.1, 0.15) is 0 Å². The SMILES string of the molecule is COc1ccccc1OCNC(=O)Nc1cccc(C)c1C. The zero-order valence-corrected chi connectivity index (χ0v) is 13.0. The van der Waals surface area contributed by atoms with Gasteiger partial charge in [0, 0.05) is 5.69 Å². The molecule has 0 aliphatic heterocycles. The maximum Gasteiger partial charge on any atom is 0.321 e. The van der Waals surface area contributed by atoms with Crippen LogP contribution in [0, 0.1) is 13.8 Å². The number of nitrogens with one attached hydrogen (secondary N) is 2. The number of ether oxygens (including phenoxy) is 2. The van der Waals surface area contributed by atoms with Crippen LogP contribution in [0.25, 0.3) is 0 Å². The first-order valence-electron chi connectivity index (χ1n) is 6.98. The molecule has 0 aliphatic carbocycles. The van der Waals surface area contributed by atoms with Gasteiger partial charge in [0.25, 0.3) is 0 Å². The normalized spacial score (nSPS) is 9.95. The molecule has 0 spiro atoms. The predicted molar refractivity (Wildman–Crippen MR) is 86.6 cm³/mol.